The Hall–Kier alpha value is -3.84. The number of aromatic nitrogens is 2. The van der Waals surface area contributed by atoms with Crippen LogP contribution in [0.1, 0.15) is 30.9 Å². The van der Waals surface area contributed by atoms with Crippen molar-refractivity contribution in [2.75, 3.05) is 43.5 Å². The first-order valence-corrected chi connectivity index (χ1v) is 15.1. The summed E-state index contributed by atoms with van der Waals surface area (Å²) in [6.07, 6.45) is -3.30. The number of anilines is 2. The van der Waals surface area contributed by atoms with E-state index in [2.05, 4.69) is 15.3 Å². The molecule has 4 N–H and O–H groups in total. The van der Waals surface area contributed by atoms with Crippen LogP contribution in [-0.4, -0.2) is 65.7 Å². The van der Waals surface area contributed by atoms with Crippen molar-refractivity contribution in [1.82, 2.24) is 15.3 Å². The van der Waals surface area contributed by atoms with Gasteiger partial charge in [-0.1, -0.05) is 6.07 Å². The Balaban J connectivity index is 1.47. The molecular formula is C30H27F5N6O3S. The van der Waals surface area contributed by atoms with Crippen molar-refractivity contribution in [3.63, 3.8) is 0 Å². The van der Waals surface area contributed by atoms with Crippen LogP contribution in [0.5, 0.6) is 6.01 Å². The van der Waals surface area contributed by atoms with Crippen LogP contribution in [0.2, 0.25) is 0 Å². The lowest BCUT2D eigenvalue weighted by atomic mass is 9.92. The minimum absolute atomic E-state index is 0.0797. The maximum absolute atomic E-state index is 16.8. The number of benzene rings is 2. The third-order valence-corrected chi connectivity index (χ3v) is 9.94. The summed E-state index contributed by atoms with van der Waals surface area (Å²) in [7, 11) is 0. The predicted molar refractivity (Wildman–Crippen MR) is 157 cm³/mol. The van der Waals surface area contributed by atoms with E-state index in [4.69, 9.17) is 15.2 Å². The summed E-state index contributed by atoms with van der Waals surface area (Å²) in [5.74, 6) is -2.50. The number of hydrogen-bond acceptors (Lipinski definition) is 10. The summed E-state index contributed by atoms with van der Waals surface area (Å²) in [5.41, 5.74) is 1.50. The van der Waals surface area contributed by atoms with Crippen LogP contribution in [0.15, 0.2) is 18.2 Å². The Bertz CT molecular complexity index is 1880. The Morgan fingerprint density at radius 1 is 1.24 bits per heavy atom. The number of aliphatic hydroxyl groups is 1. The maximum atomic E-state index is 16.8. The van der Waals surface area contributed by atoms with E-state index in [-0.39, 0.29) is 75.3 Å². The molecule has 3 saturated heterocycles. The number of hydrogen-bond donors (Lipinski definition) is 3. The summed E-state index contributed by atoms with van der Waals surface area (Å²) in [4.78, 5) is 10.5. The van der Waals surface area contributed by atoms with Crippen LogP contribution in [0.4, 0.5) is 32.8 Å². The highest BCUT2D eigenvalue weighted by Gasteiger charge is 2.41. The Morgan fingerprint density at radius 3 is 2.62 bits per heavy atom. The maximum Gasteiger partial charge on any atom is 0.417 e. The predicted octanol–water partition coefficient (Wildman–Crippen LogP) is 4.98. The molecule has 9 nitrogen and oxygen atoms in total. The molecule has 0 spiro atoms. The third-order valence-electron chi connectivity index (χ3n) is 8.92. The van der Waals surface area contributed by atoms with E-state index in [9.17, 15) is 27.9 Å². The molecule has 0 saturated carbocycles. The van der Waals surface area contributed by atoms with Crippen molar-refractivity contribution in [2.45, 2.75) is 43.6 Å². The van der Waals surface area contributed by atoms with Gasteiger partial charge in [-0.05, 0) is 37.5 Å². The zero-order valence-electron chi connectivity index (χ0n) is 23.8. The van der Waals surface area contributed by atoms with Crippen LogP contribution in [0, 0.1) is 28.9 Å². The van der Waals surface area contributed by atoms with Gasteiger partial charge in [-0.3, -0.25) is 0 Å². The van der Waals surface area contributed by atoms with Crippen molar-refractivity contribution < 1.29 is 36.5 Å². The minimum atomic E-state index is -5.05. The van der Waals surface area contributed by atoms with Gasteiger partial charge in [0.1, 0.15) is 28.2 Å². The fourth-order valence-corrected chi connectivity index (χ4v) is 7.52. The molecule has 15 heteroatoms. The van der Waals surface area contributed by atoms with Gasteiger partial charge in [-0.2, -0.15) is 28.4 Å². The van der Waals surface area contributed by atoms with Crippen LogP contribution >= 0.6 is 11.3 Å². The number of fused-ring (bicyclic) bond motifs is 4. The number of nitrogens with one attached hydrogen (secondary N) is 1. The topological polar surface area (TPSA) is 130 Å². The summed E-state index contributed by atoms with van der Waals surface area (Å²) in [6, 6.07) is 4.45. The largest absolute Gasteiger partial charge is 0.463 e. The Morgan fingerprint density at radius 2 is 1.98 bits per heavy atom. The normalized spacial score (nSPS) is 24.9. The van der Waals surface area contributed by atoms with Crippen LogP contribution in [-0.2, 0) is 10.9 Å². The molecule has 0 amide bonds. The lowest BCUT2D eigenvalue weighted by Gasteiger charge is -2.34. The first-order chi connectivity index (χ1) is 21.4. The van der Waals surface area contributed by atoms with E-state index in [0.29, 0.717) is 24.4 Å². The molecule has 2 aromatic heterocycles. The van der Waals surface area contributed by atoms with E-state index in [0.717, 1.165) is 31.0 Å². The number of ether oxygens (including phenoxy) is 2. The average molecular weight is 647 g/mol. The average Bonchev–Trinajstić information content (AvgIpc) is 3.63. The van der Waals surface area contributed by atoms with E-state index in [1.807, 2.05) is 11.0 Å². The summed E-state index contributed by atoms with van der Waals surface area (Å²) in [5, 5.41) is 23.3. The van der Waals surface area contributed by atoms with Crippen LogP contribution in [0.25, 0.3) is 32.1 Å². The molecule has 2 bridgehead atoms. The van der Waals surface area contributed by atoms with Crippen molar-refractivity contribution in [3.8, 4) is 23.2 Å². The van der Waals surface area contributed by atoms with Crippen molar-refractivity contribution in [1.29, 1.82) is 5.26 Å². The lowest BCUT2D eigenvalue weighted by molar-refractivity contribution is -0.137. The molecule has 45 heavy (non-hydrogen) atoms. The molecule has 5 heterocycles. The van der Waals surface area contributed by atoms with E-state index in [1.54, 1.807) is 6.92 Å². The van der Waals surface area contributed by atoms with Gasteiger partial charge in [0.15, 0.2) is 5.82 Å². The molecule has 3 fully saturated rings. The number of nitriles is 1. The number of nitrogen functional groups attached to an aromatic ring is 1. The monoisotopic (exact) mass is 646 g/mol. The zero-order chi connectivity index (χ0) is 31.8. The number of alkyl halides is 3. The highest BCUT2D eigenvalue weighted by Crippen LogP contribution is 2.48. The van der Waals surface area contributed by atoms with Gasteiger partial charge in [-0.25, -0.2) is 8.78 Å². The molecule has 4 aromatic rings. The molecule has 4 unspecified atom stereocenters. The smallest absolute Gasteiger partial charge is 0.417 e. The molecule has 0 radical (unpaired) electrons. The summed E-state index contributed by atoms with van der Waals surface area (Å²) in [6.45, 7) is 2.66. The molecule has 3 aliphatic heterocycles. The third kappa shape index (κ3) is 5.00. The Labute approximate surface area is 257 Å². The van der Waals surface area contributed by atoms with Crippen molar-refractivity contribution in [2.24, 2.45) is 5.92 Å². The number of rotatable bonds is 5. The second-order valence-electron chi connectivity index (χ2n) is 12.0. The highest BCUT2D eigenvalue weighted by molar-refractivity contribution is 7.23. The van der Waals surface area contributed by atoms with Gasteiger partial charge in [0.25, 0.3) is 0 Å². The van der Waals surface area contributed by atoms with Crippen molar-refractivity contribution in [3.05, 3.63) is 41.0 Å². The SMILES string of the molecule is CC1(O)COCC1COc1nc(N2CC3CCC(C2)N3)c2cc(C(F)(F)F)c(-c3ccc(F)c4sc(N)c(C#N)c34)c(F)c2n1. The van der Waals surface area contributed by atoms with Crippen LogP contribution < -0.4 is 20.7 Å². The number of piperazine rings is 1. The highest BCUT2D eigenvalue weighted by atomic mass is 32.1. The molecule has 0 aliphatic carbocycles. The first-order valence-electron chi connectivity index (χ1n) is 14.3. The zero-order valence-corrected chi connectivity index (χ0v) is 24.7. The molecule has 2 aromatic carbocycles. The first kappa shape index (κ1) is 29.8. The molecule has 4 atom stereocenters. The summed E-state index contributed by atoms with van der Waals surface area (Å²) < 4.78 is 87.1. The number of nitrogens with zero attached hydrogens (tertiary/aromatic N) is 4. The second-order valence-corrected chi connectivity index (χ2v) is 13.1. The number of thiophene rings is 1. The molecule has 3 aliphatic rings. The Kier molecular flexibility index (Phi) is 7.04. The second kappa shape index (κ2) is 10.6. The van der Waals surface area contributed by atoms with Gasteiger partial charge in [-0.15, -0.1) is 11.3 Å². The number of halogens is 5. The van der Waals surface area contributed by atoms with Gasteiger partial charge in [0, 0.05) is 47.4 Å². The van der Waals surface area contributed by atoms with Gasteiger partial charge in [0.2, 0.25) is 0 Å². The van der Waals surface area contributed by atoms with Gasteiger partial charge in [0.05, 0.1) is 41.2 Å². The lowest BCUT2D eigenvalue weighted by Crippen LogP contribution is -2.51. The molecule has 7 rings (SSSR count). The van der Waals surface area contributed by atoms with Gasteiger partial charge < -0.3 is 30.5 Å². The number of nitrogens with two attached hydrogens (primary N) is 1. The van der Waals surface area contributed by atoms with E-state index >= 15 is 4.39 Å². The van der Waals surface area contributed by atoms with Gasteiger partial charge >= 0.3 is 12.2 Å². The quantitative estimate of drug-likeness (QED) is 0.257. The van der Waals surface area contributed by atoms with Crippen molar-refractivity contribution >= 4 is 43.1 Å². The minimum Gasteiger partial charge on any atom is -0.463 e. The fraction of sp³-hybridized carbons (Fsp3) is 0.433. The standard InChI is InChI=1S/C30H27F5N6O3S/c1-29(42)12-43-10-13(29)11-44-28-39-24-17(27(40-28)41-8-14-2-3-15(9-41)38-14)6-19(30(33,34)35)22(23(24)32)16-4-5-20(31)25-21(16)18(7-36)26(37)45-25/h4-6,13-15,38,42H,2-3,8-12,37H2,1H3. The van der Waals surface area contributed by atoms with E-state index in [1.165, 1.54) is 0 Å². The molecule has 236 valence electrons. The van der Waals surface area contributed by atoms with Crippen LogP contribution in [0.3, 0.4) is 0 Å². The molecular weight excluding hydrogens is 619 g/mol. The fourth-order valence-electron chi connectivity index (χ4n) is 6.57. The van der Waals surface area contributed by atoms with E-state index < -0.39 is 46.0 Å². The summed E-state index contributed by atoms with van der Waals surface area (Å²) >= 11 is 0.698.